The summed E-state index contributed by atoms with van der Waals surface area (Å²) in [4.78, 5) is 14.1. The van der Waals surface area contributed by atoms with E-state index in [0.717, 1.165) is 32.5 Å². The van der Waals surface area contributed by atoms with Gasteiger partial charge in [-0.2, -0.15) is 0 Å². The van der Waals surface area contributed by atoms with Crippen LogP contribution < -0.4 is 5.32 Å². The van der Waals surface area contributed by atoms with Crippen LogP contribution in [0, 0.1) is 0 Å². The monoisotopic (exact) mass is 282 g/mol. The van der Waals surface area contributed by atoms with Crippen LogP contribution in [0.4, 0.5) is 0 Å². The molecule has 0 bridgehead atoms. The predicted octanol–water partition coefficient (Wildman–Crippen LogP) is 3.73. The number of carbonyl (C=O) groups is 1. The molecule has 0 aromatic rings. The number of nitrogens with zero attached hydrogens (tertiary/aromatic N) is 1. The van der Waals surface area contributed by atoms with Gasteiger partial charge in [-0.25, -0.2) is 0 Å². The Morgan fingerprint density at radius 3 is 2.25 bits per heavy atom. The van der Waals surface area contributed by atoms with Gasteiger partial charge in [0.25, 0.3) is 0 Å². The molecule has 0 saturated carbocycles. The SMILES string of the molecule is CCCCCCCCCCCC(=O)N1CCN[C@H](C)C1. The largest absolute Gasteiger partial charge is 0.340 e. The fourth-order valence-corrected chi connectivity index (χ4v) is 2.90. The summed E-state index contributed by atoms with van der Waals surface area (Å²) in [6.07, 6.45) is 12.6. The van der Waals surface area contributed by atoms with Crippen molar-refractivity contribution in [2.24, 2.45) is 0 Å². The second kappa shape index (κ2) is 11.1. The molecule has 20 heavy (non-hydrogen) atoms. The summed E-state index contributed by atoms with van der Waals surface area (Å²) in [7, 11) is 0. The molecule has 0 spiro atoms. The number of unbranched alkanes of at least 4 members (excludes halogenated alkanes) is 8. The van der Waals surface area contributed by atoms with Crippen molar-refractivity contribution >= 4 is 5.91 Å². The molecule has 0 unspecified atom stereocenters. The second-order valence-electron chi connectivity index (χ2n) is 6.27. The highest BCUT2D eigenvalue weighted by molar-refractivity contribution is 5.76. The van der Waals surface area contributed by atoms with E-state index in [1.165, 1.54) is 51.4 Å². The van der Waals surface area contributed by atoms with Crippen molar-refractivity contribution in [1.29, 1.82) is 0 Å². The van der Waals surface area contributed by atoms with E-state index < -0.39 is 0 Å². The van der Waals surface area contributed by atoms with E-state index in [1.54, 1.807) is 0 Å². The van der Waals surface area contributed by atoms with E-state index in [4.69, 9.17) is 0 Å². The summed E-state index contributed by atoms with van der Waals surface area (Å²) in [5.74, 6) is 0.362. The average molecular weight is 282 g/mol. The summed E-state index contributed by atoms with van der Waals surface area (Å²) in [5, 5.41) is 3.38. The molecule has 1 aliphatic rings. The van der Waals surface area contributed by atoms with E-state index in [1.807, 2.05) is 4.90 Å². The first-order valence-corrected chi connectivity index (χ1v) is 8.75. The molecular formula is C17H34N2O. The van der Waals surface area contributed by atoms with Crippen LogP contribution in [-0.4, -0.2) is 36.5 Å². The number of hydrogen-bond acceptors (Lipinski definition) is 2. The van der Waals surface area contributed by atoms with Crippen LogP contribution >= 0.6 is 0 Å². The van der Waals surface area contributed by atoms with Gasteiger partial charge in [-0.05, 0) is 13.3 Å². The minimum Gasteiger partial charge on any atom is -0.340 e. The maximum Gasteiger partial charge on any atom is 0.222 e. The Labute approximate surface area is 125 Å². The van der Waals surface area contributed by atoms with Gasteiger partial charge in [-0.15, -0.1) is 0 Å². The van der Waals surface area contributed by atoms with Gasteiger partial charge in [0.15, 0.2) is 0 Å². The molecular weight excluding hydrogens is 248 g/mol. The Hall–Kier alpha value is -0.570. The van der Waals surface area contributed by atoms with E-state index in [0.29, 0.717) is 11.9 Å². The second-order valence-corrected chi connectivity index (χ2v) is 6.27. The Bertz CT molecular complexity index is 255. The predicted molar refractivity (Wildman–Crippen MR) is 85.9 cm³/mol. The highest BCUT2D eigenvalue weighted by atomic mass is 16.2. The van der Waals surface area contributed by atoms with Gasteiger partial charge in [0.2, 0.25) is 5.91 Å². The van der Waals surface area contributed by atoms with Crippen molar-refractivity contribution < 1.29 is 4.79 Å². The van der Waals surface area contributed by atoms with Gasteiger partial charge in [0.1, 0.15) is 0 Å². The van der Waals surface area contributed by atoms with E-state index in [9.17, 15) is 4.79 Å². The first kappa shape index (κ1) is 17.5. The molecule has 1 aliphatic heterocycles. The number of hydrogen-bond donors (Lipinski definition) is 1. The lowest BCUT2D eigenvalue weighted by Crippen LogP contribution is -2.51. The van der Waals surface area contributed by atoms with Crippen LogP contribution in [0.25, 0.3) is 0 Å². The maximum absolute atomic E-state index is 12.0. The molecule has 1 atom stereocenters. The molecule has 0 aliphatic carbocycles. The molecule has 1 fully saturated rings. The number of amides is 1. The number of nitrogens with one attached hydrogen (secondary N) is 1. The molecule has 0 aromatic heterocycles. The molecule has 1 heterocycles. The van der Waals surface area contributed by atoms with Crippen molar-refractivity contribution in [2.45, 2.75) is 84.1 Å². The molecule has 0 aromatic carbocycles. The van der Waals surface area contributed by atoms with Crippen molar-refractivity contribution in [2.75, 3.05) is 19.6 Å². The van der Waals surface area contributed by atoms with Crippen LogP contribution in [0.2, 0.25) is 0 Å². The van der Waals surface area contributed by atoms with Gasteiger partial charge < -0.3 is 10.2 Å². The van der Waals surface area contributed by atoms with E-state index in [-0.39, 0.29) is 0 Å². The standard InChI is InChI=1S/C17H34N2O/c1-3-4-5-6-7-8-9-10-11-12-17(20)19-14-13-18-16(2)15-19/h16,18H,3-15H2,1-2H3/t16-/m1/s1. The fourth-order valence-electron chi connectivity index (χ4n) is 2.90. The van der Waals surface area contributed by atoms with Crippen LogP contribution in [0.3, 0.4) is 0 Å². The average Bonchev–Trinajstić information content (AvgIpc) is 2.45. The highest BCUT2D eigenvalue weighted by Crippen LogP contribution is 2.11. The number of rotatable bonds is 10. The van der Waals surface area contributed by atoms with Gasteiger partial charge in [0, 0.05) is 32.1 Å². The first-order chi connectivity index (χ1) is 9.74. The van der Waals surface area contributed by atoms with Crippen LogP contribution in [0.5, 0.6) is 0 Å². The van der Waals surface area contributed by atoms with Crippen LogP contribution in [0.15, 0.2) is 0 Å². The quantitative estimate of drug-likeness (QED) is 0.619. The first-order valence-electron chi connectivity index (χ1n) is 8.75. The summed E-state index contributed by atoms with van der Waals surface area (Å²) in [6, 6.07) is 0.454. The number of piperazine rings is 1. The zero-order valence-corrected chi connectivity index (χ0v) is 13.6. The smallest absolute Gasteiger partial charge is 0.222 e. The molecule has 118 valence electrons. The normalized spacial score (nSPS) is 19.3. The Morgan fingerprint density at radius 1 is 1.05 bits per heavy atom. The molecule has 3 nitrogen and oxygen atoms in total. The summed E-state index contributed by atoms with van der Waals surface area (Å²) in [6.45, 7) is 7.13. The third kappa shape index (κ3) is 7.88. The summed E-state index contributed by atoms with van der Waals surface area (Å²) < 4.78 is 0. The zero-order chi connectivity index (χ0) is 14.6. The fraction of sp³-hybridized carbons (Fsp3) is 0.941. The maximum atomic E-state index is 12.0. The minimum atomic E-state index is 0.362. The highest BCUT2D eigenvalue weighted by Gasteiger charge is 2.19. The van der Waals surface area contributed by atoms with Crippen molar-refractivity contribution in [3.63, 3.8) is 0 Å². The van der Waals surface area contributed by atoms with Crippen LogP contribution in [-0.2, 0) is 4.79 Å². The lowest BCUT2D eigenvalue weighted by molar-refractivity contribution is -0.132. The lowest BCUT2D eigenvalue weighted by atomic mass is 10.1. The minimum absolute atomic E-state index is 0.362. The number of carbonyl (C=O) groups excluding carboxylic acids is 1. The topological polar surface area (TPSA) is 32.3 Å². The Morgan fingerprint density at radius 2 is 1.65 bits per heavy atom. The van der Waals surface area contributed by atoms with E-state index >= 15 is 0 Å². The van der Waals surface area contributed by atoms with Crippen molar-refractivity contribution in [3.05, 3.63) is 0 Å². The van der Waals surface area contributed by atoms with Gasteiger partial charge >= 0.3 is 0 Å². The Kier molecular flexibility index (Phi) is 9.73. The third-order valence-electron chi connectivity index (χ3n) is 4.22. The van der Waals surface area contributed by atoms with Crippen molar-refractivity contribution in [3.8, 4) is 0 Å². The Balaban J connectivity index is 1.91. The van der Waals surface area contributed by atoms with E-state index in [2.05, 4.69) is 19.2 Å². The molecule has 1 amide bonds. The molecule has 0 radical (unpaired) electrons. The third-order valence-corrected chi connectivity index (χ3v) is 4.22. The summed E-state index contributed by atoms with van der Waals surface area (Å²) in [5.41, 5.74) is 0. The zero-order valence-electron chi connectivity index (χ0n) is 13.6. The molecule has 1 rings (SSSR count). The molecule has 1 saturated heterocycles. The van der Waals surface area contributed by atoms with Gasteiger partial charge in [0.05, 0.1) is 0 Å². The summed E-state index contributed by atoms with van der Waals surface area (Å²) >= 11 is 0. The van der Waals surface area contributed by atoms with Gasteiger partial charge in [-0.1, -0.05) is 58.3 Å². The lowest BCUT2D eigenvalue weighted by Gasteiger charge is -2.32. The molecule has 1 N–H and O–H groups in total. The van der Waals surface area contributed by atoms with Crippen molar-refractivity contribution in [1.82, 2.24) is 10.2 Å². The molecule has 3 heteroatoms. The van der Waals surface area contributed by atoms with Crippen LogP contribution in [0.1, 0.15) is 78.1 Å². The van der Waals surface area contributed by atoms with Gasteiger partial charge in [-0.3, -0.25) is 4.79 Å².